The Hall–Kier alpha value is -1.91. The Morgan fingerprint density at radius 3 is 3.00 bits per heavy atom. The SMILES string of the molecule is O=Cc1cnccc1NC(=O)O. The summed E-state index contributed by atoms with van der Waals surface area (Å²) in [4.78, 5) is 24.2. The molecule has 1 amide bonds. The maximum absolute atomic E-state index is 10.3. The Morgan fingerprint density at radius 2 is 2.42 bits per heavy atom. The molecule has 0 aliphatic carbocycles. The number of pyridine rings is 1. The van der Waals surface area contributed by atoms with Gasteiger partial charge in [0.25, 0.3) is 0 Å². The van der Waals surface area contributed by atoms with Gasteiger partial charge in [0, 0.05) is 12.4 Å². The molecule has 0 unspecified atom stereocenters. The van der Waals surface area contributed by atoms with Crippen LogP contribution in [0.25, 0.3) is 0 Å². The van der Waals surface area contributed by atoms with Gasteiger partial charge < -0.3 is 5.11 Å². The normalized spacial score (nSPS) is 9.00. The van der Waals surface area contributed by atoms with Gasteiger partial charge in [-0.25, -0.2) is 4.79 Å². The van der Waals surface area contributed by atoms with Crippen molar-refractivity contribution in [1.82, 2.24) is 4.98 Å². The van der Waals surface area contributed by atoms with Crippen molar-refractivity contribution in [2.75, 3.05) is 5.32 Å². The second-order valence-electron chi connectivity index (χ2n) is 2.01. The van der Waals surface area contributed by atoms with E-state index < -0.39 is 6.09 Å². The largest absolute Gasteiger partial charge is 0.465 e. The first-order valence-corrected chi connectivity index (χ1v) is 3.13. The number of carbonyl (C=O) groups is 2. The molecule has 0 radical (unpaired) electrons. The minimum absolute atomic E-state index is 0.222. The molecule has 12 heavy (non-hydrogen) atoms. The molecule has 1 aromatic heterocycles. The molecule has 0 saturated heterocycles. The van der Waals surface area contributed by atoms with E-state index in [2.05, 4.69) is 10.3 Å². The number of aromatic nitrogens is 1. The molecule has 0 atom stereocenters. The van der Waals surface area contributed by atoms with Gasteiger partial charge in [-0.1, -0.05) is 0 Å². The van der Waals surface area contributed by atoms with Gasteiger partial charge in [-0.2, -0.15) is 0 Å². The maximum atomic E-state index is 10.3. The van der Waals surface area contributed by atoms with Crippen LogP contribution in [0.1, 0.15) is 10.4 Å². The van der Waals surface area contributed by atoms with Crippen LogP contribution in [0.15, 0.2) is 18.5 Å². The zero-order valence-corrected chi connectivity index (χ0v) is 6.02. The van der Waals surface area contributed by atoms with Crippen LogP contribution in [0.5, 0.6) is 0 Å². The fourth-order valence-corrected chi connectivity index (χ4v) is 0.730. The number of carbonyl (C=O) groups excluding carboxylic acids is 1. The van der Waals surface area contributed by atoms with Crippen molar-refractivity contribution in [1.29, 1.82) is 0 Å². The number of nitrogens with one attached hydrogen (secondary N) is 1. The van der Waals surface area contributed by atoms with E-state index in [0.29, 0.717) is 6.29 Å². The Labute approximate surface area is 68.0 Å². The average Bonchev–Trinajstić information content (AvgIpc) is 2.04. The molecular weight excluding hydrogens is 160 g/mol. The molecule has 0 saturated carbocycles. The Bertz CT molecular complexity index is 311. The molecule has 0 aromatic carbocycles. The zero-order chi connectivity index (χ0) is 8.97. The summed E-state index contributed by atoms with van der Waals surface area (Å²) in [6, 6.07) is 1.41. The van der Waals surface area contributed by atoms with Crippen LogP contribution in [0.2, 0.25) is 0 Å². The molecule has 0 aliphatic rings. The molecular formula is C7H6N2O3. The van der Waals surface area contributed by atoms with Gasteiger partial charge >= 0.3 is 6.09 Å². The lowest BCUT2D eigenvalue weighted by Crippen LogP contribution is -2.09. The van der Waals surface area contributed by atoms with E-state index in [-0.39, 0.29) is 11.3 Å². The Morgan fingerprint density at radius 1 is 1.67 bits per heavy atom. The van der Waals surface area contributed by atoms with E-state index in [9.17, 15) is 9.59 Å². The van der Waals surface area contributed by atoms with Crippen molar-refractivity contribution in [2.45, 2.75) is 0 Å². The first-order valence-electron chi connectivity index (χ1n) is 3.13. The van der Waals surface area contributed by atoms with Crippen molar-refractivity contribution in [3.8, 4) is 0 Å². The number of hydrogen-bond acceptors (Lipinski definition) is 3. The summed E-state index contributed by atoms with van der Waals surface area (Å²) in [5.74, 6) is 0. The molecule has 62 valence electrons. The topological polar surface area (TPSA) is 79.3 Å². The van der Waals surface area contributed by atoms with E-state index >= 15 is 0 Å². The summed E-state index contributed by atoms with van der Waals surface area (Å²) in [5.41, 5.74) is 0.465. The van der Waals surface area contributed by atoms with Gasteiger partial charge in [-0.3, -0.25) is 15.1 Å². The monoisotopic (exact) mass is 166 g/mol. The van der Waals surface area contributed by atoms with Crippen LogP contribution in [-0.2, 0) is 0 Å². The number of hydrogen-bond donors (Lipinski definition) is 2. The third-order valence-electron chi connectivity index (χ3n) is 1.22. The summed E-state index contributed by atoms with van der Waals surface area (Å²) < 4.78 is 0. The molecule has 5 heteroatoms. The van der Waals surface area contributed by atoms with Gasteiger partial charge in [0.05, 0.1) is 11.3 Å². The highest BCUT2D eigenvalue weighted by molar-refractivity contribution is 5.91. The second kappa shape index (κ2) is 3.47. The third-order valence-corrected chi connectivity index (χ3v) is 1.22. The van der Waals surface area contributed by atoms with Gasteiger partial charge in [0.1, 0.15) is 0 Å². The predicted octanol–water partition coefficient (Wildman–Crippen LogP) is 0.984. The minimum atomic E-state index is -1.20. The molecule has 5 nitrogen and oxygen atoms in total. The number of amides is 1. The third kappa shape index (κ3) is 1.79. The zero-order valence-electron chi connectivity index (χ0n) is 6.02. The standard InChI is InChI=1S/C7H6N2O3/c10-4-5-3-8-2-1-6(5)9-7(11)12/h1-4H,(H,8,9)(H,11,12). The van der Waals surface area contributed by atoms with E-state index in [1.54, 1.807) is 0 Å². The molecule has 0 bridgehead atoms. The highest BCUT2D eigenvalue weighted by Gasteiger charge is 2.02. The van der Waals surface area contributed by atoms with Crippen LogP contribution in [0, 0.1) is 0 Å². The minimum Gasteiger partial charge on any atom is -0.465 e. The van der Waals surface area contributed by atoms with E-state index in [4.69, 9.17) is 5.11 Å². The van der Waals surface area contributed by atoms with E-state index in [1.807, 2.05) is 0 Å². The lowest BCUT2D eigenvalue weighted by atomic mass is 10.2. The first-order chi connectivity index (χ1) is 5.74. The van der Waals surface area contributed by atoms with Crippen molar-refractivity contribution in [3.63, 3.8) is 0 Å². The number of nitrogens with zero attached hydrogens (tertiary/aromatic N) is 1. The van der Waals surface area contributed by atoms with Crippen molar-refractivity contribution in [2.24, 2.45) is 0 Å². The van der Waals surface area contributed by atoms with Crippen molar-refractivity contribution >= 4 is 18.1 Å². The highest BCUT2D eigenvalue weighted by Crippen LogP contribution is 2.09. The first kappa shape index (κ1) is 8.19. The fraction of sp³-hybridized carbons (Fsp3) is 0. The summed E-state index contributed by atoms with van der Waals surface area (Å²) in [6.07, 6.45) is 2.03. The van der Waals surface area contributed by atoms with Crippen LogP contribution in [0.3, 0.4) is 0 Å². The summed E-state index contributed by atoms with van der Waals surface area (Å²) in [6.45, 7) is 0. The summed E-state index contributed by atoms with van der Waals surface area (Å²) in [7, 11) is 0. The molecule has 0 fully saturated rings. The number of anilines is 1. The van der Waals surface area contributed by atoms with Crippen molar-refractivity contribution < 1.29 is 14.7 Å². The van der Waals surface area contributed by atoms with Crippen LogP contribution >= 0.6 is 0 Å². The smallest absolute Gasteiger partial charge is 0.409 e. The number of carboxylic acid groups (broad SMARTS) is 1. The lowest BCUT2D eigenvalue weighted by molar-refractivity contribution is 0.112. The molecule has 1 rings (SSSR count). The average molecular weight is 166 g/mol. The molecule has 2 N–H and O–H groups in total. The van der Waals surface area contributed by atoms with Crippen molar-refractivity contribution in [3.05, 3.63) is 24.0 Å². The number of aldehydes is 1. The van der Waals surface area contributed by atoms with Gasteiger partial charge in [0.2, 0.25) is 0 Å². The Kier molecular flexibility index (Phi) is 2.37. The maximum Gasteiger partial charge on any atom is 0.409 e. The lowest BCUT2D eigenvalue weighted by Gasteiger charge is -2.01. The fourth-order valence-electron chi connectivity index (χ4n) is 0.730. The molecule has 0 aliphatic heterocycles. The van der Waals surface area contributed by atoms with Gasteiger partial charge in [-0.05, 0) is 6.07 Å². The predicted molar refractivity (Wildman–Crippen MR) is 41.3 cm³/mol. The quantitative estimate of drug-likeness (QED) is 0.642. The summed E-state index contributed by atoms with van der Waals surface area (Å²) >= 11 is 0. The van der Waals surface area contributed by atoms with Crippen LogP contribution in [-0.4, -0.2) is 22.5 Å². The molecule has 0 spiro atoms. The van der Waals surface area contributed by atoms with Crippen LogP contribution in [0.4, 0.5) is 10.5 Å². The molecule has 1 aromatic rings. The van der Waals surface area contributed by atoms with E-state index in [1.165, 1.54) is 18.5 Å². The Balaban J connectivity index is 2.96. The van der Waals surface area contributed by atoms with Gasteiger partial charge in [0.15, 0.2) is 6.29 Å². The second-order valence-corrected chi connectivity index (χ2v) is 2.01. The number of rotatable bonds is 2. The molecule has 1 heterocycles. The summed E-state index contributed by atoms with van der Waals surface area (Å²) in [5, 5.41) is 10.4. The van der Waals surface area contributed by atoms with E-state index in [0.717, 1.165) is 0 Å². The van der Waals surface area contributed by atoms with Gasteiger partial charge in [-0.15, -0.1) is 0 Å². The highest BCUT2D eigenvalue weighted by atomic mass is 16.4. The van der Waals surface area contributed by atoms with Crippen LogP contribution < -0.4 is 5.32 Å².